The molecule has 1 fully saturated rings. The molecule has 0 saturated heterocycles. The minimum Gasteiger partial charge on any atom is -0.370 e. The van der Waals surface area contributed by atoms with Gasteiger partial charge in [-0.1, -0.05) is 0 Å². The van der Waals surface area contributed by atoms with Crippen molar-refractivity contribution in [3.8, 4) is 0 Å². The molecule has 6 N–H and O–H groups in total. The fraction of sp³-hybridized carbons (Fsp3) is 0.688. The minimum absolute atomic E-state index is 0.0343. The van der Waals surface area contributed by atoms with Crippen LogP contribution < -0.4 is 16.8 Å². The van der Waals surface area contributed by atoms with Crippen molar-refractivity contribution in [1.29, 1.82) is 0 Å². The second-order valence-electron chi connectivity index (χ2n) is 5.64. The summed E-state index contributed by atoms with van der Waals surface area (Å²) in [6.45, 7) is 7.14. The monoisotopic (exact) mass is 393 g/mol. The van der Waals surface area contributed by atoms with Crippen molar-refractivity contribution >= 4 is 25.7 Å². The molecule has 0 radical (unpaired) electrons. The predicted molar refractivity (Wildman–Crippen MR) is 100 cm³/mol. The van der Waals surface area contributed by atoms with Crippen LogP contribution in [-0.4, -0.2) is 48.9 Å². The molecule has 0 aromatic carbocycles. The van der Waals surface area contributed by atoms with Gasteiger partial charge in [-0.25, -0.2) is 0 Å². The summed E-state index contributed by atoms with van der Waals surface area (Å²) >= 11 is 0. The number of carbonyl (C=O) groups excluding carboxylic acids is 3. The number of amides is 2. The van der Waals surface area contributed by atoms with Crippen LogP contribution >= 0.6 is 7.60 Å². The number of nitrogens with two attached hydrogens (primary N) is 2. The molecule has 0 heterocycles. The molecule has 1 aliphatic carbocycles. The SMILES string of the molecule is C=C.CN.CP(=O)(O)OC1CCC(C(=O)NC(C=O)CCC(N)=O)CC1. The standard InChI is InChI=1S/C13H23N2O6P.C2H4.CH5N/c1-22(19,20)21-11-5-2-9(3-6-11)13(18)15-10(8-16)4-7-12(14)17;2*1-2/h8-11H,2-7H2,1H3,(H2,14,17)(H,15,18)(H,19,20);1-2H2;2H2,1H3. The molecular formula is C16H32N3O6P. The van der Waals surface area contributed by atoms with Gasteiger partial charge in [0.15, 0.2) is 0 Å². The first-order chi connectivity index (χ1) is 12.2. The van der Waals surface area contributed by atoms with Crippen LogP contribution in [0.3, 0.4) is 0 Å². The summed E-state index contributed by atoms with van der Waals surface area (Å²) in [5.41, 5.74) is 9.51. The highest BCUT2D eigenvalue weighted by atomic mass is 31.2. The van der Waals surface area contributed by atoms with Crippen LogP contribution in [0.25, 0.3) is 0 Å². The first kappa shape index (κ1) is 26.7. The molecule has 2 atom stereocenters. The molecule has 152 valence electrons. The molecule has 26 heavy (non-hydrogen) atoms. The van der Waals surface area contributed by atoms with Crippen LogP contribution in [0.1, 0.15) is 38.5 Å². The van der Waals surface area contributed by atoms with Crippen molar-refractivity contribution in [3.63, 3.8) is 0 Å². The first-order valence-corrected chi connectivity index (χ1v) is 10.3. The maximum absolute atomic E-state index is 12.1. The van der Waals surface area contributed by atoms with E-state index in [2.05, 4.69) is 24.2 Å². The van der Waals surface area contributed by atoms with Crippen LogP contribution in [0, 0.1) is 5.92 Å². The molecule has 2 amide bonds. The highest BCUT2D eigenvalue weighted by Crippen LogP contribution is 2.42. The highest BCUT2D eigenvalue weighted by Gasteiger charge is 2.30. The topological polar surface area (TPSA) is 162 Å². The van der Waals surface area contributed by atoms with E-state index >= 15 is 0 Å². The van der Waals surface area contributed by atoms with Crippen molar-refractivity contribution in [3.05, 3.63) is 13.2 Å². The lowest BCUT2D eigenvalue weighted by Crippen LogP contribution is -2.41. The van der Waals surface area contributed by atoms with Crippen LogP contribution in [0.2, 0.25) is 0 Å². The molecule has 0 aliphatic heterocycles. The Morgan fingerprint density at radius 2 is 1.81 bits per heavy atom. The summed E-state index contributed by atoms with van der Waals surface area (Å²) in [5, 5.41) is 2.60. The number of rotatable bonds is 8. The van der Waals surface area contributed by atoms with Gasteiger partial charge >= 0.3 is 7.60 Å². The van der Waals surface area contributed by atoms with Crippen molar-refractivity contribution in [1.82, 2.24) is 5.32 Å². The third-order valence-corrected chi connectivity index (χ3v) is 4.27. The quantitative estimate of drug-likeness (QED) is 0.268. The zero-order chi connectivity index (χ0) is 20.8. The summed E-state index contributed by atoms with van der Waals surface area (Å²) in [6, 6.07) is -0.720. The number of carbonyl (C=O) groups is 3. The van der Waals surface area contributed by atoms with Crippen LogP contribution in [-0.2, 0) is 23.5 Å². The second kappa shape index (κ2) is 14.6. The molecule has 0 aromatic rings. The third-order valence-electron chi connectivity index (χ3n) is 3.58. The van der Waals surface area contributed by atoms with E-state index in [9.17, 15) is 23.8 Å². The molecule has 1 rings (SSSR count). The average Bonchev–Trinajstić information content (AvgIpc) is 2.61. The Labute approximate surface area is 155 Å². The molecule has 0 spiro atoms. The zero-order valence-corrected chi connectivity index (χ0v) is 16.5. The summed E-state index contributed by atoms with van der Waals surface area (Å²) in [7, 11) is -2.01. The van der Waals surface area contributed by atoms with Crippen molar-refractivity contribution in [2.45, 2.75) is 50.7 Å². The summed E-state index contributed by atoms with van der Waals surface area (Å²) in [6.07, 6.45) is 2.58. The predicted octanol–water partition coefficient (Wildman–Crippen LogP) is 0.703. The van der Waals surface area contributed by atoms with E-state index in [4.69, 9.17) is 10.3 Å². The Bertz CT molecular complexity index is 475. The molecular weight excluding hydrogens is 361 g/mol. The molecule has 0 bridgehead atoms. The van der Waals surface area contributed by atoms with Gasteiger partial charge in [0.25, 0.3) is 0 Å². The molecule has 0 aromatic heterocycles. The Kier molecular flexibility index (Phi) is 15.0. The van der Waals surface area contributed by atoms with Gasteiger partial charge in [0.1, 0.15) is 6.29 Å². The Morgan fingerprint density at radius 1 is 1.31 bits per heavy atom. The third kappa shape index (κ3) is 12.8. The van der Waals surface area contributed by atoms with Gasteiger partial charge in [0.05, 0.1) is 12.1 Å². The lowest BCUT2D eigenvalue weighted by molar-refractivity contribution is -0.129. The number of hydrogen-bond donors (Lipinski definition) is 4. The van der Waals surface area contributed by atoms with E-state index in [1.807, 2.05) is 0 Å². The number of hydrogen-bond acceptors (Lipinski definition) is 6. The van der Waals surface area contributed by atoms with E-state index in [0.717, 1.165) is 6.66 Å². The van der Waals surface area contributed by atoms with E-state index in [0.29, 0.717) is 32.0 Å². The maximum atomic E-state index is 12.1. The smallest absolute Gasteiger partial charge is 0.325 e. The van der Waals surface area contributed by atoms with Gasteiger partial charge < -0.3 is 31.0 Å². The van der Waals surface area contributed by atoms with Crippen LogP contribution in [0.4, 0.5) is 0 Å². The second-order valence-corrected chi connectivity index (χ2v) is 7.45. The minimum atomic E-state index is -3.51. The fourth-order valence-corrected chi connectivity index (χ4v) is 3.24. The summed E-state index contributed by atoms with van der Waals surface area (Å²) < 4.78 is 16.2. The summed E-state index contributed by atoms with van der Waals surface area (Å²) in [5.74, 6) is -1.03. The van der Waals surface area contributed by atoms with E-state index in [1.165, 1.54) is 7.05 Å². The Balaban J connectivity index is 0. The lowest BCUT2D eigenvalue weighted by Gasteiger charge is -2.29. The molecule has 10 heteroatoms. The van der Waals surface area contributed by atoms with Gasteiger partial charge in [-0.15, -0.1) is 13.2 Å². The van der Waals surface area contributed by atoms with E-state index in [-0.39, 0.29) is 30.8 Å². The Hall–Kier alpha value is -1.54. The van der Waals surface area contributed by atoms with Crippen molar-refractivity contribution in [2.24, 2.45) is 17.4 Å². The average molecular weight is 393 g/mol. The van der Waals surface area contributed by atoms with Gasteiger partial charge in [-0.3, -0.25) is 14.2 Å². The van der Waals surface area contributed by atoms with Gasteiger partial charge in [-0.2, -0.15) is 0 Å². The molecule has 1 aliphatic rings. The fourth-order valence-electron chi connectivity index (χ4n) is 2.48. The maximum Gasteiger partial charge on any atom is 0.325 e. The molecule has 9 nitrogen and oxygen atoms in total. The molecule has 1 saturated carbocycles. The van der Waals surface area contributed by atoms with Crippen LogP contribution in [0.15, 0.2) is 13.2 Å². The van der Waals surface area contributed by atoms with Gasteiger partial charge in [0, 0.05) is 19.0 Å². The highest BCUT2D eigenvalue weighted by molar-refractivity contribution is 7.51. The summed E-state index contributed by atoms with van der Waals surface area (Å²) in [4.78, 5) is 42.8. The van der Waals surface area contributed by atoms with Gasteiger partial charge in [-0.05, 0) is 39.2 Å². The molecule has 2 unspecified atom stereocenters. The largest absolute Gasteiger partial charge is 0.370 e. The Morgan fingerprint density at radius 3 is 2.19 bits per heavy atom. The van der Waals surface area contributed by atoms with Gasteiger partial charge in [0.2, 0.25) is 11.8 Å². The van der Waals surface area contributed by atoms with E-state index in [1.54, 1.807) is 0 Å². The first-order valence-electron chi connectivity index (χ1n) is 8.31. The number of primary amides is 1. The normalized spacial score (nSPS) is 22.2. The number of aldehydes is 1. The zero-order valence-electron chi connectivity index (χ0n) is 15.6. The van der Waals surface area contributed by atoms with Crippen LogP contribution in [0.5, 0.6) is 0 Å². The van der Waals surface area contributed by atoms with Crippen molar-refractivity contribution in [2.75, 3.05) is 13.7 Å². The number of nitrogens with one attached hydrogen (secondary N) is 1. The lowest BCUT2D eigenvalue weighted by atomic mass is 9.86. The van der Waals surface area contributed by atoms with Crippen molar-refractivity contribution < 1.29 is 28.4 Å². The van der Waals surface area contributed by atoms with E-state index < -0.39 is 19.5 Å².